The van der Waals surface area contributed by atoms with E-state index in [1.165, 1.54) is 12.1 Å². The molecule has 1 heterocycles. The van der Waals surface area contributed by atoms with Gasteiger partial charge in [0.15, 0.2) is 0 Å². The lowest BCUT2D eigenvalue weighted by atomic mass is 10.0. The van der Waals surface area contributed by atoms with Crippen LogP contribution < -0.4 is 5.32 Å². The van der Waals surface area contributed by atoms with Gasteiger partial charge in [-0.1, -0.05) is 33.2 Å². The van der Waals surface area contributed by atoms with Gasteiger partial charge >= 0.3 is 0 Å². The molecule has 28 heavy (non-hydrogen) atoms. The van der Waals surface area contributed by atoms with Gasteiger partial charge in [0, 0.05) is 22.9 Å². The van der Waals surface area contributed by atoms with E-state index in [2.05, 4.69) is 31.4 Å². The Hall–Kier alpha value is -2.54. The minimum atomic E-state index is -0.310. The van der Waals surface area contributed by atoms with Crippen LogP contribution in [-0.4, -0.2) is 16.0 Å². The Labute approximate surface area is 170 Å². The number of amides is 1. The number of hydrogen-bond acceptors (Lipinski definition) is 4. The second-order valence-electron chi connectivity index (χ2n) is 7.01. The minimum Gasteiger partial charge on any atom is -0.347 e. The molecule has 0 atom stereocenters. The van der Waals surface area contributed by atoms with Crippen LogP contribution in [0.25, 0.3) is 11.4 Å². The van der Waals surface area contributed by atoms with E-state index in [1.54, 1.807) is 12.1 Å². The lowest BCUT2D eigenvalue weighted by molar-refractivity contribution is -0.122. The summed E-state index contributed by atoms with van der Waals surface area (Å²) in [6.07, 6.45) is 3.46. The fourth-order valence-corrected chi connectivity index (χ4v) is 3.45. The SMILES string of the molecule is O=C(CCCc1nc(-c2ccc(F)cc2)no1)NC1(c2ccc(Br)cc2)CC1. The largest absolute Gasteiger partial charge is 0.347 e. The molecule has 0 bridgehead atoms. The Kier molecular flexibility index (Phi) is 5.26. The molecule has 0 aliphatic heterocycles. The summed E-state index contributed by atoms with van der Waals surface area (Å²) in [7, 11) is 0. The van der Waals surface area contributed by atoms with E-state index >= 15 is 0 Å². The van der Waals surface area contributed by atoms with Gasteiger partial charge in [-0.2, -0.15) is 4.98 Å². The van der Waals surface area contributed by atoms with Crippen molar-refractivity contribution in [2.75, 3.05) is 0 Å². The molecule has 0 radical (unpaired) electrons. The lowest BCUT2D eigenvalue weighted by Crippen LogP contribution is -2.34. The number of carbonyl (C=O) groups excluding carboxylic acids is 1. The molecule has 1 aliphatic rings. The molecule has 0 unspecified atom stereocenters. The molecule has 5 nitrogen and oxygen atoms in total. The van der Waals surface area contributed by atoms with Crippen LogP contribution in [-0.2, 0) is 16.8 Å². The van der Waals surface area contributed by atoms with Crippen molar-refractivity contribution in [2.45, 2.75) is 37.6 Å². The van der Waals surface area contributed by atoms with Crippen molar-refractivity contribution in [3.05, 3.63) is 70.3 Å². The van der Waals surface area contributed by atoms with E-state index in [0.717, 1.165) is 22.9 Å². The van der Waals surface area contributed by atoms with E-state index in [4.69, 9.17) is 4.52 Å². The highest BCUT2D eigenvalue weighted by Gasteiger charge is 2.45. The molecule has 1 fully saturated rings. The van der Waals surface area contributed by atoms with Crippen molar-refractivity contribution in [1.82, 2.24) is 15.5 Å². The average Bonchev–Trinajstić information content (AvgIpc) is 3.30. The first-order valence-corrected chi connectivity index (χ1v) is 9.99. The van der Waals surface area contributed by atoms with Crippen LogP contribution in [0, 0.1) is 5.82 Å². The van der Waals surface area contributed by atoms with Gasteiger partial charge in [-0.25, -0.2) is 4.39 Å². The van der Waals surface area contributed by atoms with E-state index in [1.807, 2.05) is 24.3 Å². The van der Waals surface area contributed by atoms with Gasteiger partial charge in [-0.05, 0) is 61.2 Å². The number of nitrogens with zero attached hydrogens (tertiary/aromatic N) is 2. The number of nitrogens with one attached hydrogen (secondary N) is 1. The predicted molar refractivity (Wildman–Crippen MR) is 106 cm³/mol. The van der Waals surface area contributed by atoms with Gasteiger partial charge in [-0.15, -0.1) is 0 Å². The van der Waals surface area contributed by atoms with Crippen LogP contribution in [0.2, 0.25) is 0 Å². The van der Waals surface area contributed by atoms with Crippen LogP contribution in [0.5, 0.6) is 0 Å². The Balaban J connectivity index is 1.28. The smallest absolute Gasteiger partial charge is 0.226 e. The van der Waals surface area contributed by atoms with Crippen molar-refractivity contribution in [3.8, 4) is 11.4 Å². The van der Waals surface area contributed by atoms with E-state index in [9.17, 15) is 9.18 Å². The molecule has 1 amide bonds. The quantitative estimate of drug-likeness (QED) is 0.571. The molecule has 0 saturated heterocycles. The molecule has 144 valence electrons. The van der Waals surface area contributed by atoms with Crippen LogP contribution in [0.4, 0.5) is 4.39 Å². The number of rotatable bonds is 7. The molecule has 4 rings (SSSR count). The van der Waals surface area contributed by atoms with Gasteiger partial charge in [0.2, 0.25) is 17.6 Å². The van der Waals surface area contributed by atoms with Gasteiger partial charge in [0.25, 0.3) is 0 Å². The van der Waals surface area contributed by atoms with Crippen molar-refractivity contribution < 1.29 is 13.7 Å². The van der Waals surface area contributed by atoms with Gasteiger partial charge in [0.05, 0.1) is 5.54 Å². The van der Waals surface area contributed by atoms with Crippen molar-refractivity contribution in [2.24, 2.45) is 0 Å². The van der Waals surface area contributed by atoms with Gasteiger partial charge in [0.1, 0.15) is 5.82 Å². The molecular weight excluding hydrogens is 425 g/mol. The Morgan fingerprint density at radius 2 is 1.86 bits per heavy atom. The monoisotopic (exact) mass is 443 g/mol. The Morgan fingerprint density at radius 1 is 1.14 bits per heavy atom. The summed E-state index contributed by atoms with van der Waals surface area (Å²) < 4.78 is 19.3. The third-order valence-corrected chi connectivity index (χ3v) is 5.42. The predicted octanol–water partition coefficient (Wildman–Crippen LogP) is 4.77. The first-order valence-electron chi connectivity index (χ1n) is 9.20. The summed E-state index contributed by atoms with van der Waals surface area (Å²) in [5.41, 5.74) is 1.63. The highest BCUT2D eigenvalue weighted by atomic mass is 79.9. The summed E-state index contributed by atoms with van der Waals surface area (Å²) in [6.45, 7) is 0. The van der Waals surface area contributed by atoms with Crippen LogP contribution >= 0.6 is 15.9 Å². The zero-order valence-corrected chi connectivity index (χ0v) is 16.7. The maximum absolute atomic E-state index is 13.0. The molecule has 7 heteroatoms. The lowest BCUT2D eigenvalue weighted by Gasteiger charge is -2.18. The fraction of sp³-hybridized carbons (Fsp3) is 0.286. The molecule has 2 aromatic carbocycles. The van der Waals surface area contributed by atoms with Crippen molar-refractivity contribution in [1.29, 1.82) is 0 Å². The highest BCUT2D eigenvalue weighted by Crippen LogP contribution is 2.45. The standard InChI is InChI=1S/C21H19BrFN3O2/c22-16-8-6-15(7-9-16)21(12-13-21)25-18(27)2-1-3-19-24-20(26-28-19)14-4-10-17(23)11-5-14/h4-11H,1-3,12-13H2,(H,25,27). The molecular formula is C21H19BrFN3O2. The summed E-state index contributed by atoms with van der Waals surface area (Å²) >= 11 is 3.44. The van der Waals surface area contributed by atoms with Crippen LogP contribution in [0.15, 0.2) is 57.5 Å². The van der Waals surface area contributed by atoms with Crippen LogP contribution in [0.3, 0.4) is 0 Å². The summed E-state index contributed by atoms with van der Waals surface area (Å²) in [4.78, 5) is 16.7. The summed E-state index contributed by atoms with van der Waals surface area (Å²) in [5.74, 6) is 0.613. The van der Waals surface area contributed by atoms with Gasteiger partial charge < -0.3 is 9.84 Å². The second kappa shape index (κ2) is 7.83. The number of benzene rings is 2. The molecule has 1 aliphatic carbocycles. The van der Waals surface area contributed by atoms with Crippen LogP contribution in [0.1, 0.15) is 37.1 Å². The Morgan fingerprint density at radius 3 is 2.54 bits per heavy atom. The average molecular weight is 444 g/mol. The third-order valence-electron chi connectivity index (χ3n) is 4.89. The number of aryl methyl sites for hydroxylation is 1. The fourth-order valence-electron chi connectivity index (χ4n) is 3.18. The van der Waals surface area contributed by atoms with Crippen molar-refractivity contribution >= 4 is 21.8 Å². The van der Waals surface area contributed by atoms with E-state index < -0.39 is 0 Å². The summed E-state index contributed by atoms with van der Waals surface area (Å²) in [5, 5.41) is 7.09. The van der Waals surface area contributed by atoms with Crippen molar-refractivity contribution in [3.63, 3.8) is 0 Å². The normalized spacial score (nSPS) is 14.6. The number of aromatic nitrogens is 2. The first kappa shape index (κ1) is 18.8. The molecule has 1 N–H and O–H groups in total. The Bertz CT molecular complexity index is 966. The number of hydrogen-bond donors (Lipinski definition) is 1. The molecule has 1 saturated carbocycles. The number of halogens is 2. The van der Waals surface area contributed by atoms with E-state index in [0.29, 0.717) is 36.5 Å². The zero-order chi connectivity index (χ0) is 19.6. The highest BCUT2D eigenvalue weighted by molar-refractivity contribution is 9.10. The maximum Gasteiger partial charge on any atom is 0.226 e. The topological polar surface area (TPSA) is 68.0 Å². The summed E-state index contributed by atoms with van der Waals surface area (Å²) in [6, 6.07) is 14.0. The molecule has 3 aromatic rings. The minimum absolute atomic E-state index is 0.0266. The first-order chi connectivity index (χ1) is 13.5. The second-order valence-corrected chi connectivity index (χ2v) is 7.93. The third kappa shape index (κ3) is 4.30. The molecule has 1 aromatic heterocycles. The van der Waals surface area contributed by atoms with Gasteiger partial charge in [-0.3, -0.25) is 4.79 Å². The molecule has 0 spiro atoms. The van der Waals surface area contributed by atoms with E-state index in [-0.39, 0.29) is 17.3 Å². The number of carbonyl (C=O) groups is 1. The zero-order valence-electron chi connectivity index (χ0n) is 15.1. The maximum atomic E-state index is 13.0.